The van der Waals surface area contributed by atoms with Crippen molar-refractivity contribution in [2.24, 2.45) is 0 Å². The molecule has 3 rings (SSSR count). The van der Waals surface area contributed by atoms with Crippen LogP contribution in [0.1, 0.15) is 42.8 Å². The third kappa shape index (κ3) is 2.93. The number of aromatic nitrogens is 2. The third-order valence-corrected chi connectivity index (χ3v) is 4.59. The van der Waals surface area contributed by atoms with Gasteiger partial charge in [-0.2, -0.15) is 5.26 Å². The molecular formula is C18H18N4O2. The summed E-state index contributed by atoms with van der Waals surface area (Å²) in [4.78, 5) is 21.7. The fourth-order valence-corrected chi connectivity index (χ4v) is 3.46. The minimum Gasteiger partial charge on any atom is -0.465 e. The minimum absolute atomic E-state index is 0.0730. The predicted octanol–water partition coefficient (Wildman–Crippen LogP) is 3.30. The smallest absolute Gasteiger partial charge is 0.408 e. The van der Waals surface area contributed by atoms with E-state index in [1.54, 1.807) is 6.07 Å². The van der Waals surface area contributed by atoms with Crippen LogP contribution in [0.4, 0.5) is 4.79 Å². The molecule has 1 N–H and O–H groups in total. The highest BCUT2D eigenvalue weighted by Gasteiger charge is 2.45. The van der Waals surface area contributed by atoms with Crippen LogP contribution in [0.15, 0.2) is 42.6 Å². The summed E-state index contributed by atoms with van der Waals surface area (Å²) in [6, 6.07) is 13.2. The lowest BCUT2D eigenvalue weighted by Crippen LogP contribution is -2.47. The molecule has 1 saturated carbocycles. The van der Waals surface area contributed by atoms with Crippen molar-refractivity contribution in [3.05, 3.63) is 59.7 Å². The van der Waals surface area contributed by atoms with Crippen molar-refractivity contribution < 1.29 is 9.90 Å². The monoisotopic (exact) mass is 322 g/mol. The molecular weight excluding hydrogens is 304 g/mol. The number of amides is 1. The minimum atomic E-state index is -0.974. The molecule has 0 radical (unpaired) electrons. The molecule has 2 aromatic rings. The van der Waals surface area contributed by atoms with Crippen molar-refractivity contribution in [3.63, 3.8) is 0 Å². The lowest BCUT2D eigenvalue weighted by Gasteiger charge is -2.39. The van der Waals surface area contributed by atoms with Gasteiger partial charge < -0.3 is 5.11 Å². The average Bonchev–Trinajstić information content (AvgIpc) is 3.11. The first-order valence-corrected chi connectivity index (χ1v) is 7.94. The summed E-state index contributed by atoms with van der Waals surface area (Å²) in [7, 11) is 0. The maximum Gasteiger partial charge on any atom is 0.408 e. The molecule has 0 saturated heterocycles. The Bertz CT molecular complexity index is 764. The van der Waals surface area contributed by atoms with Crippen molar-refractivity contribution in [3.8, 4) is 6.07 Å². The molecule has 0 spiro atoms. The van der Waals surface area contributed by atoms with E-state index in [-0.39, 0.29) is 5.82 Å². The van der Waals surface area contributed by atoms with E-state index in [0.29, 0.717) is 25.1 Å². The van der Waals surface area contributed by atoms with Crippen LogP contribution >= 0.6 is 0 Å². The number of benzene rings is 1. The van der Waals surface area contributed by atoms with Gasteiger partial charge in [-0.05, 0) is 24.5 Å². The van der Waals surface area contributed by atoms with E-state index in [4.69, 9.17) is 5.26 Å². The number of nitrogens with zero attached hydrogens (tertiary/aromatic N) is 4. The van der Waals surface area contributed by atoms with Crippen molar-refractivity contribution in [1.82, 2.24) is 14.9 Å². The van der Waals surface area contributed by atoms with E-state index in [1.807, 2.05) is 36.4 Å². The van der Waals surface area contributed by atoms with Crippen LogP contribution in [0.3, 0.4) is 0 Å². The third-order valence-electron chi connectivity index (χ3n) is 4.59. The van der Waals surface area contributed by atoms with E-state index in [9.17, 15) is 9.90 Å². The van der Waals surface area contributed by atoms with Crippen molar-refractivity contribution in [2.75, 3.05) is 0 Å². The number of hydrogen-bond donors (Lipinski definition) is 1. The molecule has 0 aliphatic heterocycles. The first-order chi connectivity index (χ1) is 11.7. The molecule has 122 valence electrons. The van der Waals surface area contributed by atoms with Gasteiger partial charge in [0.05, 0.1) is 11.2 Å². The largest absolute Gasteiger partial charge is 0.465 e. The van der Waals surface area contributed by atoms with E-state index in [1.165, 1.54) is 11.1 Å². The SMILES string of the molecule is N#Cc1nccc(C2(N(Cc3ccccc3)C(=O)O)CCCC2)n1. The molecule has 1 aliphatic carbocycles. The first kappa shape index (κ1) is 15.9. The molecule has 0 bridgehead atoms. The van der Waals surface area contributed by atoms with Crippen LogP contribution in [-0.4, -0.2) is 26.1 Å². The lowest BCUT2D eigenvalue weighted by atomic mass is 9.90. The van der Waals surface area contributed by atoms with Gasteiger partial charge in [0.15, 0.2) is 0 Å². The summed E-state index contributed by atoms with van der Waals surface area (Å²) in [6.07, 6.45) is 3.83. The summed E-state index contributed by atoms with van der Waals surface area (Å²) in [6.45, 7) is 0.294. The van der Waals surface area contributed by atoms with E-state index >= 15 is 0 Å². The second kappa shape index (κ2) is 6.67. The van der Waals surface area contributed by atoms with Crippen LogP contribution in [-0.2, 0) is 12.1 Å². The normalized spacial score (nSPS) is 15.6. The Morgan fingerprint density at radius 3 is 2.58 bits per heavy atom. The van der Waals surface area contributed by atoms with E-state index in [0.717, 1.165) is 18.4 Å². The van der Waals surface area contributed by atoms with Crippen molar-refractivity contribution in [1.29, 1.82) is 5.26 Å². The van der Waals surface area contributed by atoms with Gasteiger partial charge in [0.1, 0.15) is 6.07 Å². The Labute approximate surface area is 140 Å². The highest BCUT2D eigenvalue weighted by Crippen LogP contribution is 2.44. The van der Waals surface area contributed by atoms with Crippen LogP contribution < -0.4 is 0 Å². The second-order valence-electron chi connectivity index (χ2n) is 5.97. The summed E-state index contributed by atoms with van der Waals surface area (Å²) < 4.78 is 0. The lowest BCUT2D eigenvalue weighted by molar-refractivity contribution is 0.0671. The Morgan fingerprint density at radius 1 is 1.25 bits per heavy atom. The Kier molecular flexibility index (Phi) is 4.43. The van der Waals surface area contributed by atoms with Crippen molar-refractivity contribution in [2.45, 2.75) is 37.8 Å². The summed E-state index contributed by atoms with van der Waals surface area (Å²) >= 11 is 0. The van der Waals surface area contributed by atoms with Crippen LogP contribution in [0, 0.1) is 11.3 Å². The molecule has 1 aliphatic rings. The van der Waals surface area contributed by atoms with Crippen LogP contribution in [0.25, 0.3) is 0 Å². The Hall–Kier alpha value is -2.94. The topological polar surface area (TPSA) is 90.1 Å². The molecule has 24 heavy (non-hydrogen) atoms. The van der Waals surface area contributed by atoms with Gasteiger partial charge >= 0.3 is 6.09 Å². The molecule has 6 heteroatoms. The van der Waals surface area contributed by atoms with Gasteiger partial charge in [-0.25, -0.2) is 14.8 Å². The van der Waals surface area contributed by atoms with Gasteiger partial charge in [-0.1, -0.05) is 43.2 Å². The number of carbonyl (C=O) groups is 1. The van der Waals surface area contributed by atoms with E-state index < -0.39 is 11.6 Å². The molecule has 0 unspecified atom stereocenters. The number of hydrogen-bond acceptors (Lipinski definition) is 4. The molecule has 6 nitrogen and oxygen atoms in total. The summed E-state index contributed by atoms with van der Waals surface area (Å²) in [5.74, 6) is 0.0730. The highest BCUT2D eigenvalue weighted by atomic mass is 16.4. The zero-order valence-corrected chi connectivity index (χ0v) is 13.2. The summed E-state index contributed by atoms with van der Waals surface area (Å²) in [5, 5.41) is 18.9. The van der Waals surface area contributed by atoms with Gasteiger partial charge in [0, 0.05) is 12.7 Å². The molecule has 1 heterocycles. The maximum atomic E-state index is 12.0. The Morgan fingerprint density at radius 2 is 1.96 bits per heavy atom. The molecule has 0 atom stereocenters. The fourth-order valence-electron chi connectivity index (χ4n) is 3.46. The molecule has 1 aromatic carbocycles. The average molecular weight is 322 g/mol. The van der Waals surface area contributed by atoms with Crippen LogP contribution in [0.5, 0.6) is 0 Å². The predicted molar refractivity (Wildman–Crippen MR) is 86.9 cm³/mol. The quantitative estimate of drug-likeness (QED) is 0.932. The van der Waals surface area contributed by atoms with Gasteiger partial charge in [-0.15, -0.1) is 0 Å². The molecule has 1 fully saturated rings. The number of rotatable bonds is 4. The van der Waals surface area contributed by atoms with Gasteiger partial charge in [0.2, 0.25) is 5.82 Å². The zero-order valence-electron chi connectivity index (χ0n) is 13.2. The number of nitriles is 1. The van der Waals surface area contributed by atoms with Crippen molar-refractivity contribution >= 4 is 6.09 Å². The van der Waals surface area contributed by atoms with E-state index in [2.05, 4.69) is 9.97 Å². The first-order valence-electron chi connectivity index (χ1n) is 7.94. The number of carboxylic acid groups (broad SMARTS) is 1. The fraction of sp³-hybridized carbons (Fsp3) is 0.333. The zero-order chi connectivity index (χ0) is 17.0. The Balaban J connectivity index is 2.03. The molecule has 1 aromatic heterocycles. The van der Waals surface area contributed by atoms with Gasteiger partial charge in [-0.3, -0.25) is 4.90 Å². The van der Waals surface area contributed by atoms with Gasteiger partial charge in [0.25, 0.3) is 0 Å². The maximum absolute atomic E-state index is 12.0. The highest BCUT2D eigenvalue weighted by molar-refractivity contribution is 5.66. The van der Waals surface area contributed by atoms with Crippen LogP contribution in [0.2, 0.25) is 0 Å². The molecule has 1 amide bonds. The summed E-state index contributed by atoms with van der Waals surface area (Å²) in [5.41, 5.74) is 0.849. The second-order valence-corrected chi connectivity index (χ2v) is 5.97. The standard InChI is InChI=1S/C18H18N4O2/c19-12-16-20-11-8-15(21-16)18(9-4-5-10-18)22(17(23)24)13-14-6-2-1-3-7-14/h1-3,6-8,11H,4-5,9-10,13H2,(H,23,24).